The maximum absolute atomic E-state index is 12.4. The molecule has 1 aliphatic rings. The summed E-state index contributed by atoms with van der Waals surface area (Å²) in [5, 5.41) is 6.29. The third kappa shape index (κ3) is 3.36. The van der Waals surface area contributed by atoms with Crippen molar-refractivity contribution in [2.45, 2.75) is 6.04 Å². The number of alkyl halides is 1. The Hall–Kier alpha value is -2.80. The molecule has 25 heavy (non-hydrogen) atoms. The number of halogens is 1. The van der Waals surface area contributed by atoms with Crippen molar-refractivity contribution in [3.8, 4) is 17.2 Å². The highest BCUT2D eigenvalue weighted by atomic mass is 35.5. The first-order valence-corrected chi connectivity index (χ1v) is 8.13. The molecule has 3 rings (SSSR count). The molecule has 2 aromatic carbocycles. The number of rotatable bonds is 5. The maximum Gasteiger partial charge on any atom is 0.341 e. The second-order valence-electron chi connectivity index (χ2n) is 5.32. The molecule has 0 fully saturated rings. The third-order valence-corrected chi connectivity index (χ3v) is 4.04. The predicted molar refractivity (Wildman–Crippen MR) is 93.1 cm³/mol. The van der Waals surface area contributed by atoms with Crippen LogP contribution in [0.4, 0.5) is 4.79 Å². The summed E-state index contributed by atoms with van der Waals surface area (Å²) >= 11 is 5.61. The Morgan fingerprint density at radius 3 is 2.76 bits per heavy atom. The van der Waals surface area contributed by atoms with Gasteiger partial charge >= 0.3 is 6.03 Å². The van der Waals surface area contributed by atoms with Gasteiger partial charge < -0.3 is 14.8 Å². The topological polar surface area (TPSA) is 80.2 Å². The van der Waals surface area contributed by atoms with Crippen molar-refractivity contribution in [1.82, 2.24) is 10.3 Å². The van der Waals surface area contributed by atoms with Crippen molar-refractivity contribution >= 4 is 17.6 Å². The van der Waals surface area contributed by atoms with Crippen LogP contribution in [0.5, 0.6) is 17.2 Å². The minimum absolute atomic E-state index is 0.0206. The number of para-hydroxylation sites is 1. The van der Waals surface area contributed by atoms with E-state index < -0.39 is 12.1 Å². The van der Waals surface area contributed by atoms with E-state index in [1.165, 1.54) is 0 Å². The summed E-state index contributed by atoms with van der Waals surface area (Å²) < 4.78 is 11.2. The lowest BCUT2D eigenvalue weighted by molar-refractivity contribution is 0.199. The van der Waals surface area contributed by atoms with Crippen LogP contribution in [0.15, 0.2) is 47.8 Å². The van der Waals surface area contributed by atoms with Gasteiger partial charge in [-0.1, -0.05) is 18.2 Å². The van der Waals surface area contributed by atoms with E-state index in [0.717, 1.165) is 16.1 Å². The number of nitrogens with zero attached hydrogens (tertiary/aromatic N) is 2. The van der Waals surface area contributed by atoms with Crippen LogP contribution in [0, 0.1) is 4.91 Å². The third-order valence-electron chi connectivity index (χ3n) is 3.88. The zero-order valence-electron chi connectivity index (χ0n) is 13.4. The Morgan fingerprint density at radius 1 is 1.28 bits per heavy atom. The largest absolute Gasteiger partial charge is 0.497 e. The van der Waals surface area contributed by atoms with Crippen LogP contribution in [0.3, 0.4) is 0 Å². The lowest BCUT2D eigenvalue weighted by Crippen LogP contribution is -2.40. The van der Waals surface area contributed by atoms with Gasteiger partial charge in [-0.15, -0.1) is 16.5 Å². The van der Waals surface area contributed by atoms with Crippen molar-refractivity contribution in [3.05, 3.63) is 58.5 Å². The molecule has 0 saturated carbocycles. The van der Waals surface area contributed by atoms with Crippen LogP contribution in [0.1, 0.15) is 17.2 Å². The average Bonchev–Trinajstić information content (AvgIpc) is 2.65. The molecule has 7 nitrogen and oxygen atoms in total. The molecular weight excluding hydrogens is 346 g/mol. The fraction of sp³-hybridized carbons (Fsp3) is 0.235. The van der Waals surface area contributed by atoms with E-state index in [1.54, 1.807) is 25.3 Å². The van der Waals surface area contributed by atoms with Crippen molar-refractivity contribution < 1.29 is 14.3 Å². The molecule has 1 aliphatic heterocycles. The van der Waals surface area contributed by atoms with E-state index in [0.29, 0.717) is 17.2 Å². The number of methoxy groups -OCH3 is 1. The first kappa shape index (κ1) is 17.0. The summed E-state index contributed by atoms with van der Waals surface area (Å²) in [5.74, 6) is 1.97. The maximum atomic E-state index is 12.4. The van der Waals surface area contributed by atoms with Crippen LogP contribution in [0.25, 0.3) is 0 Å². The van der Waals surface area contributed by atoms with E-state index in [2.05, 4.69) is 10.6 Å². The van der Waals surface area contributed by atoms with Crippen molar-refractivity contribution in [3.63, 3.8) is 0 Å². The first-order valence-electron chi connectivity index (χ1n) is 7.60. The summed E-state index contributed by atoms with van der Waals surface area (Å²) in [4.78, 5) is 23.3. The smallest absolute Gasteiger partial charge is 0.341 e. The number of urea groups is 1. The number of ether oxygens (including phenoxy) is 2. The Morgan fingerprint density at radius 2 is 2.04 bits per heavy atom. The molecule has 0 saturated heterocycles. The lowest BCUT2D eigenvalue weighted by Gasteiger charge is -2.29. The van der Waals surface area contributed by atoms with Gasteiger partial charge in [-0.05, 0) is 24.3 Å². The summed E-state index contributed by atoms with van der Waals surface area (Å²) in [6, 6.07) is 11.6. The number of nitrogens with one attached hydrogen (secondary N) is 1. The summed E-state index contributed by atoms with van der Waals surface area (Å²) in [7, 11) is 1.56. The Kier molecular flexibility index (Phi) is 5.04. The number of benzene rings is 2. The van der Waals surface area contributed by atoms with E-state index in [4.69, 9.17) is 21.1 Å². The molecule has 1 N–H and O–H groups in total. The second kappa shape index (κ2) is 7.40. The SMILES string of the molecule is COc1ccc2c(c1)C(NC(=O)N(CCCl)N=O)c1ccccc1O2. The van der Waals surface area contributed by atoms with Crippen LogP contribution in [-0.2, 0) is 0 Å². The van der Waals surface area contributed by atoms with Crippen LogP contribution < -0.4 is 14.8 Å². The standard InChI is InChI=1S/C17H16ClN3O4/c1-24-11-6-7-15-13(10-11)16(12-4-2-3-5-14(12)25-15)19-17(22)21(20-23)9-8-18/h2-7,10,16H,8-9H2,1H3,(H,19,22). The van der Waals surface area contributed by atoms with Gasteiger partial charge in [-0.2, -0.15) is 5.01 Å². The van der Waals surface area contributed by atoms with Gasteiger partial charge in [0.2, 0.25) is 0 Å². The fourth-order valence-corrected chi connectivity index (χ4v) is 2.84. The molecule has 2 amide bonds. The van der Waals surface area contributed by atoms with Crippen molar-refractivity contribution in [1.29, 1.82) is 0 Å². The minimum Gasteiger partial charge on any atom is -0.497 e. The van der Waals surface area contributed by atoms with Gasteiger partial charge in [-0.3, -0.25) is 0 Å². The molecule has 0 radical (unpaired) electrons. The number of nitroso groups, excluding NO2 is 1. The van der Waals surface area contributed by atoms with Crippen LogP contribution in [0.2, 0.25) is 0 Å². The van der Waals surface area contributed by atoms with E-state index in [1.807, 2.05) is 24.3 Å². The zero-order chi connectivity index (χ0) is 17.8. The number of hydrogen-bond donors (Lipinski definition) is 1. The van der Waals surface area contributed by atoms with Crippen molar-refractivity contribution in [2.75, 3.05) is 19.5 Å². The molecule has 0 aromatic heterocycles. The summed E-state index contributed by atoms with van der Waals surface area (Å²) in [5.41, 5.74) is 1.50. The minimum atomic E-state index is -0.633. The molecule has 1 heterocycles. The number of fused-ring (bicyclic) bond motifs is 2. The van der Waals surface area contributed by atoms with Gasteiger partial charge in [0.15, 0.2) is 0 Å². The lowest BCUT2D eigenvalue weighted by atomic mass is 9.94. The van der Waals surface area contributed by atoms with E-state index in [9.17, 15) is 9.70 Å². The van der Waals surface area contributed by atoms with Crippen LogP contribution >= 0.6 is 11.6 Å². The van der Waals surface area contributed by atoms with Gasteiger partial charge in [-0.25, -0.2) is 4.79 Å². The monoisotopic (exact) mass is 361 g/mol. The fourth-order valence-electron chi connectivity index (χ4n) is 2.68. The molecule has 0 aliphatic carbocycles. The average molecular weight is 362 g/mol. The molecule has 1 atom stereocenters. The molecule has 8 heteroatoms. The van der Waals surface area contributed by atoms with Crippen molar-refractivity contribution in [2.24, 2.45) is 5.29 Å². The van der Waals surface area contributed by atoms with Gasteiger partial charge in [0.05, 0.1) is 25.0 Å². The van der Waals surface area contributed by atoms with Gasteiger partial charge in [0.25, 0.3) is 0 Å². The number of amides is 2. The quantitative estimate of drug-likeness (QED) is 0.498. The highest BCUT2D eigenvalue weighted by molar-refractivity contribution is 6.18. The highest BCUT2D eigenvalue weighted by Gasteiger charge is 2.30. The molecule has 130 valence electrons. The molecule has 0 spiro atoms. The number of carbonyl (C=O) groups excluding carboxylic acids is 1. The normalized spacial score (nSPS) is 14.6. The Labute approximate surface area is 149 Å². The van der Waals surface area contributed by atoms with Gasteiger partial charge in [0, 0.05) is 17.0 Å². The van der Waals surface area contributed by atoms with E-state index >= 15 is 0 Å². The number of carbonyl (C=O) groups is 1. The first-order chi connectivity index (χ1) is 12.2. The zero-order valence-corrected chi connectivity index (χ0v) is 14.2. The molecule has 0 bridgehead atoms. The predicted octanol–water partition coefficient (Wildman–Crippen LogP) is 3.82. The van der Waals surface area contributed by atoms with Gasteiger partial charge in [0.1, 0.15) is 17.2 Å². The Balaban J connectivity index is 1.99. The Bertz CT molecular complexity index is 799. The molecule has 2 aromatic rings. The summed E-state index contributed by atoms with van der Waals surface area (Å²) in [6.45, 7) is 0.0206. The highest BCUT2D eigenvalue weighted by Crippen LogP contribution is 2.44. The number of hydrogen-bond acceptors (Lipinski definition) is 5. The molecular formula is C17H16ClN3O4. The second-order valence-corrected chi connectivity index (χ2v) is 5.70. The summed E-state index contributed by atoms with van der Waals surface area (Å²) in [6.07, 6.45) is 0. The molecule has 1 unspecified atom stereocenters. The van der Waals surface area contributed by atoms with E-state index in [-0.39, 0.29) is 12.4 Å². The van der Waals surface area contributed by atoms with Crippen LogP contribution in [-0.4, -0.2) is 30.6 Å².